The van der Waals surface area contributed by atoms with Gasteiger partial charge in [-0.2, -0.15) is 0 Å². The second-order valence-corrected chi connectivity index (χ2v) is 6.63. The molecule has 0 aromatic heterocycles. The van der Waals surface area contributed by atoms with Crippen molar-refractivity contribution in [3.8, 4) is 17.2 Å². The van der Waals surface area contributed by atoms with Gasteiger partial charge >= 0.3 is 0 Å². The molecule has 3 heteroatoms. The highest BCUT2D eigenvalue weighted by molar-refractivity contribution is 5.87. The van der Waals surface area contributed by atoms with E-state index in [2.05, 4.69) is 27.7 Å². The Balaban J connectivity index is 0. The van der Waals surface area contributed by atoms with Crippen LogP contribution < -0.4 is 0 Å². The molecule has 0 aliphatic rings. The number of aromatic hydroxyl groups is 3. The van der Waals surface area contributed by atoms with Gasteiger partial charge in [0.25, 0.3) is 0 Å². The normalized spacial score (nSPS) is 8.61. The van der Waals surface area contributed by atoms with Crippen LogP contribution in [0.25, 0.3) is 21.5 Å². The molecule has 3 N–H and O–H groups in total. The minimum absolute atomic E-state index is 0.216. The predicted molar refractivity (Wildman–Crippen MR) is 148 cm³/mol. The third kappa shape index (κ3) is 13.1. The molecule has 0 heterocycles. The van der Waals surface area contributed by atoms with Gasteiger partial charge in [-0.1, -0.05) is 117 Å². The smallest absolute Gasteiger partial charge is 0.123 e. The first-order valence-electron chi connectivity index (χ1n) is 12.0. The molecule has 0 saturated carbocycles. The van der Waals surface area contributed by atoms with E-state index in [0.717, 1.165) is 21.5 Å². The summed E-state index contributed by atoms with van der Waals surface area (Å²) < 4.78 is 0. The Morgan fingerprint density at radius 2 is 0.909 bits per heavy atom. The lowest BCUT2D eigenvalue weighted by Crippen LogP contribution is -1.71. The van der Waals surface area contributed by atoms with Crippen molar-refractivity contribution in [1.29, 1.82) is 0 Å². The quantitative estimate of drug-likeness (QED) is 0.249. The Bertz CT molecular complexity index is 950. The molecule has 3 nitrogen and oxygen atoms in total. The molecule has 0 bridgehead atoms. The summed E-state index contributed by atoms with van der Waals surface area (Å²) >= 11 is 0. The van der Waals surface area contributed by atoms with Crippen LogP contribution in [0.4, 0.5) is 0 Å². The van der Waals surface area contributed by atoms with Crippen LogP contribution in [0, 0.1) is 0 Å². The van der Waals surface area contributed by atoms with E-state index in [1.165, 1.54) is 12.8 Å². The van der Waals surface area contributed by atoms with Crippen molar-refractivity contribution < 1.29 is 15.3 Å². The largest absolute Gasteiger partial charge is 0.508 e. The maximum absolute atomic E-state index is 9.37. The monoisotopic (exact) mass is 452 g/mol. The van der Waals surface area contributed by atoms with Crippen LogP contribution in [-0.4, -0.2) is 15.3 Å². The van der Waals surface area contributed by atoms with Gasteiger partial charge in [0, 0.05) is 5.39 Å². The van der Waals surface area contributed by atoms with E-state index in [1.807, 2.05) is 76.2 Å². The van der Waals surface area contributed by atoms with Crippen molar-refractivity contribution in [2.24, 2.45) is 0 Å². The molecule has 0 unspecified atom stereocenters. The first kappa shape index (κ1) is 32.0. The van der Waals surface area contributed by atoms with Crippen molar-refractivity contribution in [3.05, 3.63) is 78.9 Å². The van der Waals surface area contributed by atoms with Crippen LogP contribution in [0.3, 0.4) is 0 Å². The summed E-state index contributed by atoms with van der Waals surface area (Å²) in [5.41, 5.74) is 0. The third-order valence-electron chi connectivity index (χ3n) is 3.57. The maximum Gasteiger partial charge on any atom is 0.123 e. The van der Waals surface area contributed by atoms with Crippen molar-refractivity contribution in [1.82, 2.24) is 0 Å². The molecular formula is C30H44O3. The van der Waals surface area contributed by atoms with Crippen LogP contribution in [0.1, 0.15) is 68.2 Å². The van der Waals surface area contributed by atoms with Gasteiger partial charge in [-0.25, -0.2) is 0 Å². The first-order valence-corrected chi connectivity index (χ1v) is 12.0. The van der Waals surface area contributed by atoms with Crippen LogP contribution in [0.5, 0.6) is 17.2 Å². The van der Waals surface area contributed by atoms with E-state index < -0.39 is 0 Å². The van der Waals surface area contributed by atoms with E-state index in [-0.39, 0.29) is 11.5 Å². The Hall–Kier alpha value is -3.20. The highest BCUT2D eigenvalue weighted by Gasteiger charge is 1.96. The minimum atomic E-state index is 0.216. The third-order valence-corrected chi connectivity index (χ3v) is 3.57. The molecule has 4 aromatic rings. The van der Waals surface area contributed by atoms with Gasteiger partial charge < -0.3 is 15.3 Å². The molecule has 0 aliphatic heterocycles. The molecule has 0 amide bonds. The fourth-order valence-corrected chi connectivity index (χ4v) is 2.43. The molecule has 0 aliphatic carbocycles. The SMILES string of the molecule is CC.CC.CCC.CCC.Oc1ccc2ccc(O)cc2c1.Oc1cccc2ccccc12. The number of hydrogen-bond donors (Lipinski definition) is 3. The lowest BCUT2D eigenvalue weighted by atomic mass is 10.1. The van der Waals surface area contributed by atoms with Crippen molar-refractivity contribution in [2.45, 2.75) is 68.2 Å². The lowest BCUT2D eigenvalue weighted by molar-refractivity contribution is 0.474. The molecule has 0 atom stereocenters. The van der Waals surface area contributed by atoms with Crippen LogP contribution in [-0.2, 0) is 0 Å². The van der Waals surface area contributed by atoms with E-state index in [9.17, 15) is 5.11 Å². The van der Waals surface area contributed by atoms with E-state index >= 15 is 0 Å². The lowest BCUT2D eigenvalue weighted by Gasteiger charge is -1.98. The highest BCUT2D eigenvalue weighted by Crippen LogP contribution is 2.24. The molecule has 0 radical (unpaired) electrons. The minimum Gasteiger partial charge on any atom is -0.508 e. The summed E-state index contributed by atoms with van der Waals surface area (Å²) in [7, 11) is 0. The molecule has 0 saturated heterocycles. The summed E-state index contributed by atoms with van der Waals surface area (Å²) in [6.07, 6.45) is 2.50. The molecule has 0 fully saturated rings. The van der Waals surface area contributed by atoms with Crippen LogP contribution in [0.15, 0.2) is 78.9 Å². The fraction of sp³-hybridized carbons (Fsp3) is 0.333. The Kier molecular flexibility index (Phi) is 20.1. The number of benzene rings is 4. The molecule has 0 spiro atoms. The average Bonchev–Trinajstić information content (AvgIpc) is 2.83. The van der Waals surface area contributed by atoms with Crippen LogP contribution in [0.2, 0.25) is 0 Å². The van der Waals surface area contributed by atoms with Gasteiger partial charge in [0.1, 0.15) is 17.2 Å². The summed E-state index contributed by atoms with van der Waals surface area (Å²) in [4.78, 5) is 0. The van der Waals surface area contributed by atoms with Crippen molar-refractivity contribution in [2.75, 3.05) is 0 Å². The number of hydrogen-bond acceptors (Lipinski definition) is 3. The number of rotatable bonds is 0. The summed E-state index contributed by atoms with van der Waals surface area (Å²) in [5, 5.41) is 31.5. The zero-order valence-electron chi connectivity index (χ0n) is 21.8. The Labute approximate surface area is 201 Å². The molecule has 4 rings (SSSR count). The van der Waals surface area contributed by atoms with E-state index in [0.29, 0.717) is 5.75 Å². The highest BCUT2D eigenvalue weighted by atomic mass is 16.3. The second kappa shape index (κ2) is 20.7. The zero-order valence-corrected chi connectivity index (χ0v) is 21.8. The maximum atomic E-state index is 9.37. The molecular weight excluding hydrogens is 408 g/mol. The number of phenolic OH excluding ortho intramolecular Hbond substituents is 3. The molecule has 33 heavy (non-hydrogen) atoms. The standard InChI is InChI=1S/C10H8O2.C10H8O.2C3H8.2C2H6/c11-9-3-1-7-2-4-10(12)6-8(7)5-9;11-10-7-3-5-8-4-1-2-6-9(8)10;2*1-3-2;2*1-2/h1-6,11-12H;1-7,11H;2*3H2,1-2H3;2*1-2H3. The molecule has 182 valence electrons. The van der Waals surface area contributed by atoms with Gasteiger partial charge in [-0.05, 0) is 46.5 Å². The van der Waals surface area contributed by atoms with E-state index in [1.54, 1.807) is 30.3 Å². The number of fused-ring (bicyclic) bond motifs is 2. The van der Waals surface area contributed by atoms with Crippen molar-refractivity contribution >= 4 is 21.5 Å². The van der Waals surface area contributed by atoms with Gasteiger partial charge in [-0.3, -0.25) is 0 Å². The molecule has 4 aromatic carbocycles. The van der Waals surface area contributed by atoms with Gasteiger partial charge in [0.05, 0.1) is 0 Å². The summed E-state index contributed by atoms with van der Waals surface area (Å²) in [6, 6.07) is 23.4. The van der Waals surface area contributed by atoms with Gasteiger partial charge in [0.15, 0.2) is 0 Å². The predicted octanol–water partition coefficient (Wildman–Crippen LogP) is 9.68. The Morgan fingerprint density at radius 3 is 1.36 bits per heavy atom. The average molecular weight is 453 g/mol. The van der Waals surface area contributed by atoms with E-state index in [4.69, 9.17) is 10.2 Å². The summed E-state index contributed by atoms with van der Waals surface area (Å²) in [6.45, 7) is 16.5. The van der Waals surface area contributed by atoms with Gasteiger partial charge in [0.2, 0.25) is 0 Å². The van der Waals surface area contributed by atoms with Crippen LogP contribution >= 0.6 is 0 Å². The van der Waals surface area contributed by atoms with Gasteiger partial charge in [-0.15, -0.1) is 0 Å². The fourth-order valence-electron chi connectivity index (χ4n) is 2.43. The summed E-state index contributed by atoms with van der Waals surface area (Å²) in [5.74, 6) is 0.782. The number of phenols is 3. The zero-order chi connectivity index (χ0) is 25.6. The topological polar surface area (TPSA) is 60.7 Å². The van der Waals surface area contributed by atoms with Crippen molar-refractivity contribution in [3.63, 3.8) is 0 Å². The first-order chi connectivity index (χ1) is 16.0. The second-order valence-electron chi connectivity index (χ2n) is 6.63. The Morgan fingerprint density at radius 1 is 0.485 bits per heavy atom.